The number of alkyl halides is 2. The van der Waals surface area contributed by atoms with Gasteiger partial charge in [0.2, 0.25) is 5.75 Å². The van der Waals surface area contributed by atoms with E-state index >= 15 is 0 Å². The van der Waals surface area contributed by atoms with E-state index in [-0.39, 0.29) is 16.9 Å². The monoisotopic (exact) mass is 462 g/mol. The van der Waals surface area contributed by atoms with E-state index in [0.717, 1.165) is 18.9 Å². The second-order valence-corrected chi connectivity index (χ2v) is 8.29. The van der Waals surface area contributed by atoms with Crippen molar-refractivity contribution in [1.82, 2.24) is 14.5 Å². The Labute approximate surface area is 188 Å². The molecule has 1 aromatic carbocycles. The highest BCUT2D eigenvalue weighted by Crippen LogP contribution is 2.44. The molecule has 1 saturated carbocycles. The molecule has 1 fully saturated rings. The van der Waals surface area contributed by atoms with Gasteiger partial charge >= 0.3 is 0 Å². The Kier molecular flexibility index (Phi) is 6.04. The zero-order valence-electron chi connectivity index (χ0n) is 18.8. The molecule has 1 atom stereocenters. The van der Waals surface area contributed by atoms with Crippen molar-refractivity contribution in [3.05, 3.63) is 57.5 Å². The number of hydrogen-bond acceptors (Lipinski definition) is 6. The molecule has 0 amide bonds. The predicted molar refractivity (Wildman–Crippen MR) is 118 cm³/mol. The minimum absolute atomic E-state index is 0.0713. The van der Waals surface area contributed by atoms with Crippen LogP contribution in [0.25, 0.3) is 10.9 Å². The molecule has 0 aliphatic heterocycles. The molecular formula is C23H25F3N4O3. The quantitative estimate of drug-likeness (QED) is 0.531. The lowest BCUT2D eigenvalue weighted by molar-refractivity contribution is 0.142. The summed E-state index contributed by atoms with van der Waals surface area (Å²) in [6, 6.07) is 3.21. The fourth-order valence-electron chi connectivity index (χ4n) is 4.14. The highest BCUT2D eigenvalue weighted by molar-refractivity contribution is 5.92. The molecule has 176 valence electrons. The van der Waals surface area contributed by atoms with Crippen LogP contribution in [0.15, 0.2) is 29.2 Å². The zero-order chi connectivity index (χ0) is 23.9. The molecule has 7 nitrogen and oxygen atoms in total. The number of ether oxygens (including phenoxy) is 2. The van der Waals surface area contributed by atoms with Crippen molar-refractivity contribution in [1.29, 1.82) is 0 Å². The molecular weight excluding hydrogens is 437 g/mol. The number of aryl methyl sites for hydroxylation is 1. The van der Waals surface area contributed by atoms with Crippen molar-refractivity contribution in [2.45, 2.75) is 44.7 Å². The number of halogens is 3. The number of rotatable bonds is 8. The zero-order valence-corrected chi connectivity index (χ0v) is 18.8. The van der Waals surface area contributed by atoms with Gasteiger partial charge in [0.1, 0.15) is 23.0 Å². The molecule has 4 rings (SSSR count). The summed E-state index contributed by atoms with van der Waals surface area (Å²) < 4.78 is 53.4. The second-order valence-electron chi connectivity index (χ2n) is 8.29. The lowest BCUT2D eigenvalue weighted by Gasteiger charge is -2.22. The minimum Gasteiger partial charge on any atom is -0.490 e. The van der Waals surface area contributed by atoms with E-state index in [4.69, 9.17) is 9.47 Å². The normalized spacial score (nSPS) is 15.6. The summed E-state index contributed by atoms with van der Waals surface area (Å²) in [5.41, 5.74) is -1.06. The number of nitrogens with zero attached hydrogens (tertiary/aromatic N) is 3. The van der Waals surface area contributed by atoms with Gasteiger partial charge < -0.3 is 19.4 Å². The molecule has 2 heterocycles. The van der Waals surface area contributed by atoms with Gasteiger partial charge in [-0.15, -0.1) is 0 Å². The van der Waals surface area contributed by atoms with E-state index in [1.54, 1.807) is 31.7 Å². The van der Waals surface area contributed by atoms with Crippen LogP contribution in [0, 0.1) is 12.7 Å². The number of anilines is 1. The molecule has 0 spiro atoms. The Bertz CT molecular complexity index is 1260. The average Bonchev–Trinajstić information content (AvgIpc) is 3.54. The van der Waals surface area contributed by atoms with E-state index in [1.807, 2.05) is 0 Å². The summed E-state index contributed by atoms with van der Waals surface area (Å²) >= 11 is 0. The van der Waals surface area contributed by atoms with Crippen molar-refractivity contribution < 1.29 is 22.6 Å². The predicted octanol–water partition coefficient (Wildman–Crippen LogP) is 4.49. The average molecular weight is 462 g/mol. The van der Waals surface area contributed by atoms with Crippen molar-refractivity contribution in [3.8, 4) is 5.75 Å². The molecule has 0 radical (unpaired) electrons. The number of aromatic nitrogens is 3. The maximum Gasteiger partial charge on any atom is 0.295 e. The van der Waals surface area contributed by atoms with Crippen molar-refractivity contribution >= 4 is 16.7 Å². The Morgan fingerprint density at radius 1 is 1.21 bits per heavy atom. The van der Waals surface area contributed by atoms with Crippen LogP contribution < -0.4 is 15.6 Å². The first-order chi connectivity index (χ1) is 15.7. The molecule has 1 aliphatic carbocycles. The maximum atomic E-state index is 14.7. The molecule has 3 aromatic rings. The SMILES string of the molecule is COCC1(n2cc3c(N[C@H](C)c4cccc(C(F)F)c4F)nc(C)nc3c(OC)c2=O)CC1. The lowest BCUT2D eigenvalue weighted by Crippen LogP contribution is -2.34. The van der Waals surface area contributed by atoms with Crippen molar-refractivity contribution in [2.75, 3.05) is 26.1 Å². The summed E-state index contributed by atoms with van der Waals surface area (Å²) in [5, 5.41) is 3.61. The van der Waals surface area contributed by atoms with Crippen molar-refractivity contribution in [2.24, 2.45) is 0 Å². The van der Waals surface area contributed by atoms with Gasteiger partial charge in [-0.1, -0.05) is 18.2 Å². The van der Waals surface area contributed by atoms with Crippen LogP contribution in [-0.4, -0.2) is 35.4 Å². The van der Waals surface area contributed by atoms with Crippen LogP contribution in [0.2, 0.25) is 0 Å². The van der Waals surface area contributed by atoms with Crippen LogP contribution in [0.5, 0.6) is 5.75 Å². The number of benzene rings is 1. The van der Waals surface area contributed by atoms with Crippen molar-refractivity contribution in [3.63, 3.8) is 0 Å². The highest BCUT2D eigenvalue weighted by atomic mass is 19.3. The fourth-order valence-corrected chi connectivity index (χ4v) is 4.14. The Hall–Kier alpha value is -3.14. The summed E-state index contributed by atoms with van der Waals surface area (Å²) in [6.07, 6.45) is 0.278. The largest absolute Gasteiger partial charge is 0.490 e. The first kappa shape index (κ1) is 23.0. The first-order valence-electron chi connectivity index (χ1n) is 10.5. The van der Waals surface area contributed by atoms with E-state index in [9.17, 15) is 18.0 Å². The number of hydrogen-bond donors (Lipinski definition) is 1. The highest BCUT2D eigenvalue weighted by Gasteiger charge is 2.46. The van der Waals surface area contributed by atoms with Gasteiger partial charge in [0, 0.05) is 18.9 Å². The van der Waals surface area contributed by atoms with Gasteiger partial charge in [-0.25, -0.2) is 23.1 Å². The minimum atomic E-state index is -2.92. The first-order valence-corrected chi connectivity index (χ1v) is 10.5. The van der Waals surface area contributed by atoms with E-state index in [0.29, 0.717) is 29.2 Å². The van der Waals surface area contributed by atoms with E-state index < -0.39 is 29.4 Å². The smallest absolute Gasteiger partial charge is 0.295 e. The molecule has 1 N–H and O–H groups in total. The molecule has 10 heteroatoms. The van der Waals surface area contributed by atoms with Gasteiger partial charge in [0.05, 0.1) is 36.2 Å². The van der Waals surface area contributed by atoms with Gasteiger partial charge in [-0.2, -0.15) is 0 Å². The standard InChI is InChI=1S/C23H25F3N4O3/c1-12(14-6-5-7-15(17(14)24)20(25)26)27-21-16-10-30(23(8-9-23)11-32-3)22(31)19(33-4)18(16)28-13(2)29-21/h5-7,10,12,20H,8-9,11H2,1-4H3,(H,27,28,29)/t12-/m1/s1. The molecule has 0 unspecified atom stereocenters. The Morgan fingerprint density at radius 2 is 1.91 bits per heavy atom. The summed E-state index contributed by atoms with van der Waals surface area (Å²) in [4.78, 5) is 22.0. The van der Waals surface area contributed by atoms with Gasteiger partial charge in [0.25, 0.3) is 12.0 Å². The number of methoxy groups -OCH3 is 2. The topological polar surface area (TPSA) is 78.3 Å². The lowest BCUT2D eigenvalue weighted by atomic mass is 10.0. The molecule has 1 aliphatic rings. The van der Waals surface area contributed by atoms with E-state index in [2.05, 4.69) is 15.3 Å². The Morgan fingerprint density at radius 3 is 2.52 bits per heavy atom. The third-order valence-corrected chi connectivity index (χ3v) is 6.01. The number of nitrogens with one attached hydrogen (secondary N) is 1. The fraction of sp³-hybridized carbons (Fsp3) is 0.435. The third kappa shape index (κ3) is 4.03. The van der Waals surface area contributed by atoms with Gasteiger partial charge in [-0.05, 0) is 26.7 Å². The van der Waals surface area contributed by atoms with Crippen LogP contribution in [0.1, 0.15) is 49.2 Å². The van der Waals surface area contributed by atoms with Crippen LogP contribution in [0.4, 0.5) is 19.0 Å². The molecule has 0 saturated heterocycles. The maximum absolute atomic E-state index is 14.7. The van der Waals surface area contributed by atoms with Gasteiger partial charge in [0.15, 0.2) is 0 Å². The molecule has 0 bridgehead atoms. The summed E-state index contributed by atoms with van der Waals surface area (Å²) in [6.45, 7) is 3.67. The van der Waals surface area contributed by atoms with E-state index in [1.165, 1.54) is 19.2 Å². The number of fused-ring (bicyclic) bond motifs is 1. The summed E-state index contributed by atoms with van der Waals surface area (Å²) in [5.74, 6) is -0.185. The van der Waals surface area contributed by atoms with Crippen LogP contribution in [0.3, 0.4) is 0 Å². The molecule has 33 heavy (non-hydrogen) atoms. The molecule has 2 aromatic heterocycles. The van der Waals surface area contributed by atoms with Gasteiger partial charge in [-0.3, -0.25) is 4.79 Å². The number of pyridine rings is 1. The van der Waals surface area contributed by atoms with Crippen LogP contribution in [-0.2, 0) is 10.3 Å². The van der Waals surface area contributed by atoms with Crippen LogP contribution >= 0.6 is 0 Å². The Balaban J connectivity index is 1.85. The summed E-state index contributed by atoms with van der Waals surface area (Å²) in [7, 11) is 2.97. The third-order valence-electron chi connectivity index (χ3n) is 6.01. The second kappa shape index (κ2) is 8.66.